The maximum atomic E-state index is 5.94. The van der Waals surface area contributed by atoms with E-state index in [1.807, 2.05) is 12.1 Å². The molecule has 0 amide bonds. The highest BCUT2D eigenvalue weighted by Crippen LogP contribution is 2.36. The van der Waals surface area contributed by atoms with E-state index >= 15 is 0 Å². The Morgan fingerprint density at radius 3 is 2.27 bits per heavy atom. The van der Waals surface area contributed by atoms with Crippen LogP contribution in [0.15, 0.2) is 30.3 Å². The van der Waals surface area contributed by atoms with Crippen molar-refractivity contribution in [3.05, 3.63) is 47.0 Å². The third kappa shape index (κ3) is 3.88. The number of hydrogen-bond donors (Lipinski definition) is 1. The Morgan fingerprint density at radius 1 is 0.962 bits per heavy atom. The fraction of sp³-hybridized carbons (Fsp3) is 0.429. The summed E-state index contributed by atoms with van der Waals surface area (Å²) in [6.45, 7) is 5.63. The van der Waals surface area contributed by atoms with Crippen LogP contribution in [0, 0.1) is 0 Å². The van der Waals surface area contributed by atoms with Crippen LogP contribution in [0.25, 0.3) is 0 Å². The van der Waals surface area contributed by atoms with E-state index < -0.39 is 0 Å². The first-order valence-electron chi connectivity index (χ1n) is 8.76. The lowest BCUT2D eigenvalue weighted by molar-refractivity contribution is 0.138. The topological polar surface area (TPSA) is 49.0 Å². The molecule has 1 aliphatic heterocycles. The van der Waals surface area contributed by atoms with Crippen molar-refractivity contribution in [1.29, 1.82) is 0 Å². The second-order valence-corrected chi connectivity index (χ2v) is 7.09. The molecule has 0 saturated carbocycles. The zero-order chi connectivity index (χ0) is 18.7. The molecule has 0 aromatic heterocycles. The number of fused-ring (bicyclic) bond motifs is 1. The molecule has 0 fully saturated rings. The average molecular weight is 357 g/mol. The van der Waals surface area contributed by atoms with E-state index in [0.29, 0.717) is 12.3 Å². The Labute approximate surface area is 155 Å². The summed E-state index contributed by atoms with van der Waals surface area (Å²) in [7, 11) is 4.94. The average Bonchev–Trinajstić information content (AvgIpc) is 2.94. The molecule has 1 aliphatic rings. The molecule has 0 radical (unpaired) electrons. The molecular weight excluding hydrogens is 330 g/mol. The van der Waals surface area contributed by atoms with E-state index in [1.54, 1.807) is 21.3 Å². The van der Waals surface area contributed by atoms with Crippen molar-refractivity contribution < 1.29 is 18.9 Å². The smallest absolute Gasteiger partial charge is 0.130 e. The molecule has 0 unspecified atom stereocenters. The van der Waals surface area contributed by atoms with Gasteiger partial charge in [0.15, 0.2) is 0 Å². The predicted molar refractivity (Wildman–Crippen MR) is 101 cm³/mol. The predicted octanol–water partition coefficient (Wildman–Crippen LogP) is 3.72. The van der Waals surface area contributed by atoms with Crippen LogP contribution in [0.2, 0.25) is 0 Å². The highest BCUT2D eigenvalue weighted by molar-refractivity contribution is 5.50. The minimum absolute atomic E-state index is 0.113. The van der Waals surface area contributed by atoms with Crippen LogP contribution in [0.1, 0.15) is 30.5 Å². The van der Waals surface area contributed by atoms with E-state index in [-0.39, 0.29) is 5.60 Å². The summed E-state index contributed by atoms with van der Waals surface area (Å²) >= 11 is 0. The van der Waals surface area contributed by atoms with E-state index in [0.717, 1.165) is 35.8 Å². The molecule has 0 atom stereocenters. The molecule has 5 nitrogen and oxygen atoms in total. The first kappa shape index (κ1) is 18.4. The molecule has 140 valence electrons. The molecule has 5 heteroatoms. The number of ether oxygens (including phenoxy) is 4. The Kier molecular flexibility index (Phi) is 5.28. The van der Waals surface area contributed by atoms with Crippen LogP contribution in [0.4, 0.5) is 0 Å². The summed E-state index contributed by atoms with van der Waals surface area (Å²) in [6.07, 6.45) is 0.941. The molecule has 2 aromatic carbocycles. The molecule has 2 aromatic rings. The zero-order valence-electron chi connectivity index (χ0n) is 16.1. The van der Waals surface area contributed by atoms with E-state index in [4.69, 9.17) is 18.9 Å². The van der Waals surface area contributed by atoms with Gasteiger partial charge in [0.25, 0.3) is 0 Å². The third-order valence-corrected chi connectivity index (χ3v) is 4.58. The van der Waals surface area contributed by atoms with E-state index in [9.17, 15) is 0 Å². The summed E-state index contributed by atoms with van der Waals surface area (Å²) in [6, 6.07) is 10.1. The number of nitrogens with one attached hydrogen (secondary N) is 1. The minimum atomic E-state index is -0.113. The van der Waals surface area contributed by atoms with Gasteiger partial charge in [-0.25, -0.2) is 0 Å². The van der Waals surface area contributed by atoms with Crippen LogP contribution in [-0.4, -0.2) is 26.9 Å². The van der Waals surface area contributed by atoms with Gasteiger partial charge in [0.1, 0.15) is 28.6 Å². The van der Waals surface area contributed by atoms with Crippen molar-refractivity contribution in [3.8, 4) is 23.0 Å². The standard InChI is InChI=1S/C21H27NO4/c1-21(2)11-15-8-14(6-7-18(15)26-21)12-22-13-17-19(24-4)9-16(23-3)10-20(17)25-5/h6-10,22H,11-13H2,1-5H3. The van der Waals surface area contributed by atoms with E-state index in [2.05, 4.69) is 37.4 Å². The second kappa shape index (κ2) is 7.46. The van der Waals surface area contributed by atoms with Gasteiger partial charge >= 0.3 is 0 Å². The van der Waals surface area contributed by atoms with Crippen LogP contribution in [0.3, 0.4) is 0 Å². The van der Waals surface area contributed by atoms with Crippen molar-refractivity contribution in [2.45, 2.75) is 39.0 Å². The Balaban J connectivity index is 1.69. The van der Waals surface area contributed by atoms with Gasteiger partial charge in [0.2, 0.25) is 0 Å². The molecule has 26 heavy (non-hydrogen) atoms. The Hall–Kier alpha value is -2.40. The van der Waals surface area contributed by atoms with Crippen LogP contribution >= 0.6 is 0 Å². The molecule has 0 spiro atoms. The van der Waals surface area contributed by atoms with Gasteiger partial charge in [-0.3, -0.25) is 0 Å². The number of hydrogen-bond acceptors (Lipinski definition) is 5. The summed E-state index contributed by atoms with van der Waals surface area (Å²) in [5.41, 5.74) is 3.37. The normalized spacial score (nSPS) is 14.5. The van der Waals surface area contributed by atoms with Gasteiger partial charge < -0.3 is 24.3 Å². The number of methoxy groups -OCH3 is 3. The zero-order valence-corrected chi connectivity index (χ0v) is 16.1. The molecular formula is C21H27NO4. The van der Waals surface area contributed by atoms with Crippen molar-refractivity contribution in [2.75, 3.05) is 21.3 Å². The summed E-state index contributed by atoms with van der Waals surface area (Å²) < 4.78 is 22.2. The molecule has 0 saturated heterocycles. The highest BCUT2D eigenvalue weighted by Gasteiger charge is 2.29. The molecule has 0 aliphatic carbocycles. The first-order chi connectivity index (χ1) is 12.5. The van der Waals surface area contributed by atoms with Crippen molar-refractivity contribution in [2.24, 2.45) is 0 Å². The first-order valence-corrected chi connectivity index (χ1v) is 8.76. The van der Waals surface area contributed by atoms with Gasteiger partial charge in [-0.1, -0.05) is 12.1 Å². The molecule has 3 rings (SSSR count). The van der Waals surface area contributed by atoms with Crippen LogP contribution in [0.5, 0.6) is 23.0 Å². The molecule has 0 bridgehead atoms. The Morgan fingerprint density at radius 2 is 1.65 bits per heavy atom. The summed E-state index contributed by atoms with van der Waals surface area (Å²) in [5.74, 6) is 3.21. The Bertz CT molecular complexity index is 761. The minimum Gasteiger partial charge on any atom is -0.496 e. The second-order valence-electron chi connectivity index (χ2n) is 7.09. The van der Waals surface area contributed by atoms with Crippen molar-refractivity contribution in [3.63, 3.8) is 0 Å². The van der Waals surface area contributed by atoms with Crippen molar-refractivity contribution in [1.82, 2.24) is 5.32 Å². The van der Waals surface area contributed by atoms with Gasteiger partial charge in [-0.05, 0) is 31.0 Å². The maximum Gasteiger partial charge on any atom is 0.130 e. The van der Waals surface area contributed by atoms with Gasteiger partial charge in [0, 0.05) is 31.6 Å². The third-order valence-electron chi connectivity index (χ3n) is 4.58. The van der Waals surface area contributed by atoms with Crippen molar-refractivity contribution >= 4 is 0 Å². The fourth-order valence-electron chi connectivity index (χ4n) is 3.36. The lowest BCUT2D eigenvalue weighted by Gasteiger charge is -2.16. The number of benzene rings is 2. The highest BCUT2D eigenvalue weighted by atomic mass is 16.5. The van der Waals surface area contributed by atoms with Gasteiger partial charge in [0.05, 0.1) is 26.9 Å². The quantitative estimate of drug-likeness (QED) is 0.818. The SMILES string of the molecule is COc1cc(OC)c(CNCc2ccc3c(c2)CC(C)(C)O3)c(OC)c1. The van der Waals surface area contributed by atoms with E-state index in [1.165, 1.54) is 11.1 Å². The van der Waals surface area contributed by atoms with Gasteiger partial charge in [-0.2, -0.15) is 0 Å². The summed E-state index contributed by atoms with van der Waals surface area (Å²) in [4.78, 5) is 0. The fourth-order valence-corrected chi connectivity index (χ4v) is 3.36. The summed E-state index contributed by atoms with van der Waals surface area (Å²) in [5, 5.41) is 3.48. The molecule has 1 N–H and O–H groups in total. The monoisotopic (exact) mass is 357 g/mol. The van der Waals surface area contributed by atoms with Crippen LogP contribution < -0.4 is 24.3 Å². The van der Waals surface area contributed by atoms with Crippen LogP contribution in [-0.2, 0) is 19.5 Å². The maximum absolute atomic E-state index is 5.94. The van der Waals surface area contributed by atoms with Gasteiger partial charge in [-0.15, -0.1) is 0 Å². The largest absolute Gasteiger partial charge is 0.496 e. The lowest BCUT2D eigenvalue weighted by Crippen LogP contribution is -2.24. The number of rotatable bonds is 7. The lowest BCUT2D eigenvalue weighted by atomic mass is 10.0. The molecule has 1 heterocycles.